The number of urea groups is 1. The third-order valence-corrected chi connectivity index (χ3v) is 10.4. The third-order valence-electron chi connectivity index (χ3n) is 6.42. The summed E-state index contributed by atoms with van der Waals surface area (Å²) in [4.78, 5) is 24.4. The van der Waals surface area contributed by atoms with Gasteiger partial charge in [0, 0.05) is 22.7 Å². The van der Waals surface area contributed by atoms with Crippen LogP contribution in [0.2, 0.25) is 0 Å². The molecule has 3 aromatic carbocycles. The highest BCUT2D eigenvalue weighted by Crippen LogP contribution is 2.36. The molecule has 7 heteroatoms. The number of esters is 1. The molecule has 5 nitrogen and oxygen atoms in total. The average Bonchev–Trinajstić information content (AvgIpc) is 3.44. The van der Waals surface area contributed by atoms with Crippen molar-refractivity contribution in [1.29, 1.82) is 0 Å². The van der Waals surface area contributed by atoms with E-state index in [9.17, 15) is 9.59 Å². The maximum Gasteiger partial charge on any atom is 0.315 e. The standard InChI is InChI=1S/C28H29N2O3PS/c31-26(18-10-9-17-25-27-22(19-35-25)29-28(32)30-27)33-23-15-7-8-16-24(23)34(20-11-3-1-4-12-20)21-13-5-2-6-14-21/h1-8,11-16,22,25,27H,9-10,17-19H2,(H2,29,30,32)/t22-,25-,27-/m0/s1. The molecule has 2 heterocycles. The van der Waals surface area contributed by atoms with Crippen molar-refractivity contribution < 1.29 is 14.3 Å². The molecule has 35 heavy (non-hydrogen) atoms. The number of fused-ring (bicyclic) bond motifs is 1. The molecule has 2 aliphatic rings. The average molecular weight is 505 g/mol. The minimum absolute atomic E-state index is 0.0569. The summed E-state index contributed by atoms with van der Waals surface area (Å²) in [5, 5.41) is 9.91. The zero-order valence-corrected chi connectivity index (χ0v) is 21.1. The Bertz CT molecular complexity index is 1120. The Hall–Kier alpha value is -2.82. The van der Waals surface area contributed by atoms with Gasteiger partial charge in [-0.15, -0.1) is 0 Å². The van der Waals surface area contributed by atoms with E-state index < -0.39 is 7.92 Å². The van der Waals surface area contributed by atoms with Crippen molar-refractivity contribution >= 4 is 47.6 Å². The lowest BCUT2D eigenvalue weighted by atomic mass is 10.0. The van der Waals surface area contributed by atoms with E-state index in [1.807, 2.05) is 42.1 Å². The molecule has 0 aromatic heterocycles. The second-order valence-electron chi connectivity index (χ2n) is 8.82. The van der Waals surface area contributed by atoms with Crippen LogP contribution in [0.4, 0.5) is 4.79 Å². The van der Waals surface area contributed by atoms with E-state index in [1.165, 1.54) is 10.6 Å². The first-order valence-electron chi connectivity index (χ1n) is 12.1. The molecule has 2 N–H and O–H groups in total. The lowest BCUT2D eigenvalue weighted by Crippen LogP contribution is -2.36. The van der Waals surface area contributed by atoms with Gasteiger partial charge in [0.15, 0.2) is 0 Å². The number of benzene rings is 3. The minimum Gasteiger partial charge on any atom is -0.426 e. The SMILES string of the molecule is O=C1N[C@H]2[C@H](CS[C@H]2CCCCC(=O)Oc2ccccc2P(c2ccccc2)c2ccccc2)N1. The monoisotopic (exact) mass is 504 g/mol. The number of unbranched alkanes of at least 4 members (excludes halogenated alkanes) is 1. The maximum atomic E-state index is 12.8. The first-order chi connectivity index (χ1) is 17.2. The van der Waals surface area contributed by atoms with Gasteiger partial charge in [0.2, 0.25) is 0 Å². The second-order valence-corrected chi connectivity index (χ2v) is 12.3. The van der Waals surface area contributed by atoms with Gasteiger partial charge < -0.3 is 15.4 Å². The van der Waals surface area contributed by atoms with Crippen LogP contribution < -0.4 is 31.3 Å². The third kappa shape index (κ3) is 5.71. The van der Waals surface area contributed by atoms with Crippen LogP contribution in [0.3, 0.4) is 0 Å². The Morgan fingerprint density at radius 3 is 2.26 bits per heavy atom. The molecule has 0 unspecified atom stereocenters. The lowest BCUT2D eigenvalue weighted by molar-refractivity contribution is -0.134. The molecule has 2 saturated heterocycles. The topological polar surface area (TPSA) is 67.4 Å². The van der Waals surface area contributed by atoms with Gasteiger partial charge in [0.25, 0.3) is 0 Å². The highest BCUT2D eigenvalue weighted by molar-refractivity contribution is 8.00. The van der Waals surface area contributed by atoms with Crippen LogP contribution in [0.25, 0.3) is 0 Å². The van der Waals surface area contributed by atoms with Gasteiger partial charge in [-0.05, 0) is 37.4 Å². The number of para-hydroxylation sites is 1. The van der Waals surface area contributed by atoms with E-state index in [2.05, 4.69) is 65.2 Å². The van der Waals surface area contributed by atoms with Gasteiger partial charge in [-0.2, -0.15) is 11.8 Å². The molecule has 3 aromatic rings. The number of hydrogen-bond acceptors (Lipinski definition) is 4. The molecule has 2 amide bonds. The number of ether oxygens (including phenoxy) is 1. The Kier molecular flexibility index (Phi) is 7.70. The summed E-state index contributed by atoms with van der Waals surface area (Å²) >= 11 is 1.91. The van der Waals surface area contributed by atoms with Crippen molar-refractivity contribution in [2.24, 2.45) is 0 Å². The summed E-state index contributed by atoms with van der Waals surface area (Å²) in [6.45, 7) is 0. The molecule has 0 bridgehead atoms. The summed E-state index contributed by atoms with van der Waals surface area (Å²) in [7, 11) is -0.849. The highest BCUT2D eigenvalue weighted by atomic mass is 32.2. The van der Waals surface area contributed by atoms with Crippen molar-refractivity contribution in [2.45, 2.75) is 43.0 Å². The molecule has 2 fully saturated rings. The van der Waals surface area contributed by atoms with E-state index >= 15 is 0 Å². The smallest absolute Gasteiger partial charge is 0.315 e. The molecule has 2 aliphatic heterocycles. The fourth-order valence-electron chi connectivity index (χ4n) is 4.74. The Labute approximate surface area is 211 Å². The van der Waals surface area contributed by atoms with Crippen molar-refractivity contribution in [2.75, 3.05) is 5.75 Å². The molecule has 5 rings (SSSR count). The number of nitrogens with one attached hydrogen (secondary N) is 2. The molecular weight excluding hydrogens is 475 g/mol. The van der Waals surface area contributed by atoms with Crippen LogP contribution in [0.1, 0.15) is 25.7 Å². The fraction of sp³-hybridized carbons (Fsp3) is 0.286. The van der Waals surface area contributed by atoms with Crippen molar-refractivity contribution in [3.63, 3.8) is 0 Å². The van der Waals surface area contributed by atoms with Crippen molar-refractivity contribution in [1.82, 2.24) is 10.6 Å². The predicted octanol–water partition coefficient (Wildman–Crippen LogP) is 4.08. The quantitative estimate of drug-likeness (QED) is 0.152. The van der Waals surface area contributed by atoms with E-state index in [-0.39, 0.29) is 24.1 Å². The normalized spacial score (nSPS) is 20.8. The first kappa shape index (κ1) is 23.9. The predicted molar refractivity (Wildman–Crippen MR) is 145 cm³/mol. The zero-order valence-electron chi connectivity index (χ0n) is 19.4. The Morgan fingerprint density at radius 2 is 1.54 bits per heavy atom. The number of carbonyl (C=O) groups excluding carboxylic acids is 2. The number of hydrogen-bond donors (Lipinski definition) is 2. The zero-order chi connectivity index (χ0) is 24.0. The van der Waals surface area contributed by atoms with Crippen molar-refractivity contribution in [3.05, 3.63) is 84.9 Å². The van der Waals surface area contributed by atoms with Crippen LogP contribution in [0.15, 0.2) is 84.9 Å². The lowest BCUT2D eigenvalue weighted by Gasteiger charge is -2.21. The summed E-state index contributed by atoms with van der Waals surface area (Å²) in [5.74, 6) is 1.41. The van der Waals surface area contributed by atoms with E-state index in [0.717, 1.165) is 30.3 Å². The number of amides is 2. The molecule has 3 atom stereocenters. The summed E-state index contributed by atoms with van der Waals surface area (Å²) < 4.78 is 5.93. The van der Waals surface area contributed by atoms with Crippen LogP contribution >= 0.6 is 19.7 Å². The number of rotatable bonds is 9. The Morgan fingerprint density at radius 1 is 0.886 bits per heavy atom. The van der Waals surface area contributed by atoms with Gasteiger partial charge in [0.1, 0.15) is 5.75 Å². The van der Waals surface area contributed by atoms with Gasteiger partial charge >= 0.3 is 12.0 Å². The second kappa shape index (κ2) is 11.3. The van der Waals surface area contributed by atoms with E-state index in [4.69, 9.17) is 4.74 Å². The summed E-state index contributed by atoms with van der Waals surface area (Å²) in [6, 6.07) is 29.1. The number of carbonyl (C=O) groups is 2. The molecule has 0 aliphatic carbocycles. The van der Waals surface area contributed by atoms with Crippen LogP contribution in [-0.2, 0) is 4.79 Å². The van der Waals surface area contributed by atoms with E-state index in [1.54, 1.807) is 0 Å². The molecular formula is C28H29N2O3PS. The van der Waals surface area contributed by atoms with Crippen LogP contribution in [0, 0.1) is 0 Å². The number of thioether (sulfide) groups is 1. The summed E-state index contributed by atoms with van der Waals surface area (Å²) in [5.41, 5.74) is 0. The van der Waals surface area contributed by atoms with Gasteiger partial charge in [-0.1, -0.05) is 85.3 Å². The molecule has 0 radical (unpaired) electrons. The van der Waals surface area contributed by atoms with Crippen LogP contribution in [0.5, 0.6) is 5.75 Å². The Balaban J connectivity index is 1.22. The fourth-order valence-corrected chi connectivity index (χ4v) is 8.66. The highest BCUT2D eigenvalue weighted by Gasteiger charge is 2.42. The van der Waals surface area contributed by atoms with Crippen LogP contribution in [-0.4, -0.2) is 35.1 Å². The van der Waals surface area contributed by atoms with Crippen molar-refractivity contribution in [3.8, 4) is 5.75 Å². The molecule has 0 spiro atoms. The van der Waals surface area contributed by atoms with E-state index in [0.29, 0.717) is 17.4 Å². The molecule has 180 valence electrons. The largest absolute Gasteiger partial charge is 0.426 e. The van der Waals surface area contributed by atoms with Gasteiger partial charge in [-0.3, -0.25) is 4.79 Å². The van der Waals surface area contributed by atoms with Gasteiger partial charge in [0.05, 0.1) is 12.1 Å². The summed E-state index contributed by atoms with van der Waals surface area (Å²) in [6.07, 6.45) is 3.10. The first-order valence-corrected chi connectivity index (χ1v) is 14.5. The minimum atomic E-state index is -0.849. The van der Waals surface area contributed by atoms with Gasteiger partial charge in [-0.25, -0.2) is 4.79 Å². The maximum absolute atomic E-state index is 12.8. The molecule has 0 saturated carbocycles.